The average Bonchev–Trinajstić information content (AvgIpc) is 2.27. The molecule has 0 aliphatic heterocycles. The van der Waals surface area contributed by atoms with Gasteiger partial charge in [0.25, 0.3) is 0 Å². The van der Waals surface area contributed by atoms with Crippen molar-refractivity contribution >= 4 is 5.78 Å². The molecule has 0 spiro atoms. The van der Waals surface area contributed by atoms with Gasteiger partial charge in [0.05, 0.1) is 7.11 Å². The summed E-state index contributed by atoms with van der Waals surface area (Å²) in [6.07, 6.45) is -2.61. The molecule has 1 rings (SSSR count). The lowest BCUT2D eigenvalue weighted by Crippen LogP contribution is -2.00. The van der Waals surface area contributed by atoms with Crippen LogP contribution in [0.5, 0.6) is 5.75 Å². The van der Waals surface area contributed by atoms with Gasteiger partial charge in [0.15, 0.2) is 0 Å². The van der Waals surface area contributed by atoms with Gasteiger partial charge in [0.1, 0.15) is 5.75 Å². The number of carbonyl (C=O) groups is 1. The first kappa shape index (κ1) is 11.3. The second-order valence-electron chi connectivity index (χ2n) is 2.63. The Hall–Kier alpha value is -1.78. The van der Waals surface area contributed by atoms with Gasteiger partial charge in [-0.3, -0.25) is 4.79 Å². The fourth-order valence-electron chi connectivity index (χ4n) is 0.955. The molecule has 0 aliphatic rings. The molecule has 15 heavy (non-hydrogen) atoms. The number of ketones is 1. The number of carbonyl (C=O) groups excluding carboxylic acids is 1. The first-order valence-electron chi connectivity index (χ1n) is 3.95. The molecule has 0 fully saturated rings. The van der Waals surface area contributed by atoms with E-state index in [2.05, 4.69) is 0 Å². The number of methoxy groups -OCH3 is 1. The molecule has 0 atom stereocenters. The first-order chi connectivity index (χ1) is 7.06. The summed E-state index contributed by atoms with van der Waals surface area (Å²) < 4.78 is 40.9. The van der Waals surface area contributed by atoms with Crippen LogP contribution >= 0.6 is 0 Å². The third-order valence-electron chi connectivity index (χ3n) is 1.72. The van der Waals surface area contributed by atoms with Gasteiger partial charge in [-0.05, 0) is 24.3 Å². The van der Waals surface area contributed by atoms with Crippen molar-refractivity contribution in [3.8, 4) is 5.75 Å². The predicted molar refractivity (Wildman–Crippen MR) is 47.7 cm³/mol. The molecule has 0 saturated heterocycles. The van der Waals surface area contributed by atoms with Gasteiger partial charge in [-0.25, -0.2) is 0 Å². The van der Waals surface area contributed by atoms with Gasteiger partial charge in [-0.15, -0.1) is 0 Å². The molecule has 1 aromatic rings. The number of allylic oxidation sites excluding steroid dienone is 1. The SMILES string of the molecule is COc1ccc(C(=O)C(F)=C(F)F)cc1. The predicted octanol–water partition coefficient (Wildman–Crippen LogP) is 2.96. The highest BCUT2D eigenvalue weighted by molar-refractivity contribution is 6.07. The normalized spacial score (nSPS) is 9.60. The molecule has 0 bridgehead atoms. The molecule has 1 aromatic carbocycles. The number of Topliss-reactive ketones (excluding diaryl/α,β-unsaturated/α-hetero) is 1. The van der Waals surface area contributed by atoms with E-state index in [9.17, 15) is 18.0 Å². The molecular weight excluding hydrogens is 209 g/mol. The molecule has 5 heteroatoms. The van der Waals surface area contributed by atoms with E-state index in [1.165, 1.54) is 31.4 Å². The summed E-state index contributed by atoms with van der Waals surface area (Å²) in [5.41, 5.74) is -0.152. The first-order valence-corrected chi connectivity index (χ1v) is 3.95. The van der Waals surface area contributed by atoms with Crippen LogP contribution in [0.2, 0.25) is 0 Å². The lowest BCUT2D eigenvalue weighted by molar-refractivity contribution is 0.0994. The largest absolute Gasteiger partial charge is 0.497 e. The molecule has 0 saturated carbocycles. The Balaban J connectivity index is 2.98. The summed E-state index contributed by atoms with van der Waals surface area (Å²) in [6, 6.07) is 5.20. The summed E-state index contributed by atoms with van der Waals surface area (Å²) in [7, 11) is 1.42. The molecule has 0 N–H and O–H groups in total. The van der Waals surface area contributed by atoms with Crippen molar-refractivity contribution in [3.63, 3.8) is 0 Å². The molecule has 80 valence electrons. The van der Waals surface area contributed by atoms with Crippen LogP contribution in [0, 0.1) is 0 Å². The van der Waals surface area contributed by atoms with Crippen molar-refractivity contribution in [1.82, 2.24) is 0 Å². The lowest BCUT2D eigenvalue weighted by atomic mass is 10.1. The fraction of sp³-hybridized carbons (Fsp3) is 0.100. The topological polar surface area (TPSA) is 26.3 Å². The Bertz CT molecular complexity index is 392. The van der Waals surface area contributed by atoms with Gasteiger partial charge in [0.2, 0.25) is 11.6 Å². The lowest BCUT2D eigenvalue weighted by Gasteiger charge is -2.00. The Labute approximate surface area is 84.0 Å². The summed E-state index contributed by atoms with van der Waals surface area (Å²) in [5, 5.41) is 0. The highest BCUT2D eigenvalue weighted by Gasteiger charge is 2.17. The van der Waals surface area contributed by atoms with Crippen LogP contribution in [-0.4, -0.2) is 12.9 Å². The van der Waals surface area contributed by atoms with E-state index in [-0.39, 0.29) is 5.56 Å². The number of ether oxygens (including phenoxy) is 1. The third-order valence-corrected chi connectivity index (χ3v) is 1.72. The van der Waals surface area contributed by atoms with Crippen molar-refractivity contribution in [3.05, 3.63) is 41.7 Å². The maximum atomic E-state index is 12.5. The minimum absolute atomic E-state index is 0.152. The second kappa shape index (κ2) is 4.63. The molecule has 2 nitrogen and oxygen atoms in total. The van der Waals surface area contributed by atoms with Gasteiger partial charge in [0, 0.05) is 5.56 Å². The van der Waals surface area contributed by atoms with E-state index >= 15 is 0 Å². The van der Waals surface area contributed by atoms with Crippen molar-refractivity contribution < 1.29 is 22.7 Å². The molecule has 0 amide bonds. The maximum absolute atomic E-state index is 12.5. The quantitative estimate of drug-likeness (QED) is 0.573. The number of hydrogen-bond acceptors (Lipinski definition) is 2. The zero-order valence-corrected chi connectivity index (χ0v) is 7.76. The van der Waals surface area contributed by atoms with Crippen molar-refractivity contribution in [2.45, 2.75) is 0 Å². The van der Waals surface area contributed by atoms with E-state index in [0.717, 1.165) is 0 Å². The Morgan fingerprint density at radius 2 is 1.67 bits per heavy atom. The Morgan fingerprint density at radius 3 is 2.07 bits per heavy atom. The van der Waals surface area contributed by atoms with Crippen LogP contribution in [0.15, 0.2) is 36.2 Å². The van der Waals surface area contributed by atoms with E-state index in [4.69, 9.17) is 4.74 Å². The smallest absolute Gasteiger partial charge is 0.309 e. The van der Waals surface area contributed by atoms with Crippen molar-refractivity contribution in [2.75, 3.05) is 7.11 Å². The highest BCUT2D eigenvalue weighted by Crippen LogP contribution is 2.18. The monoisotopic (exact) mass is 216 g/mol. The van der Waals surface area contributed by atoms with E-state index in [1.807, 2.05) is 0 Å². The zero-order chi connectivity index (χ0) is 11.4. The van der Waals surface area contributed by atoms with Crippen LogP contribution in [0.4, 0.5) is 13.2 Å². The Morgan fingerprint density at radius 1 is 1.13 bits per heavy atom. The van der Waals surface area contributed by atoms with Crippen molar-refractivity contribution in [1.29, 1.82) is 0 Å². The number of hydrogen-bond donors (Lipinski definition) is 0. The van der Waals surface area contributed by atoms with Crippen LogP contribution in [-0.2, 0) is 0 Å². The molecule has 0 heterocycles. The fourth-order valence-corrected chi connectivity index (χ4v) is 0.955. The average molecular weight is 216 g/mol. The molecular formula is C10H7F3O2. The van der Waals surface area contributed by atoms with Crippen LogP contribution in [0.25, 0.3) is 0 Å². The van der Waals surface area contributed by atoms with E-state index in [1.54, 1.807) is 0 Å². The summed E-state index contributed by atoms with van der Waals surface area (Å²) in [4.78, 5) is 11.0. The maximum Gasteiger partial charge on any atom is 0.309 e. The minimum atomic E-state index is -2.61. The standard InChI is InChI=1S/C10H7F3O2/c1-15-7-4-2-6(3-5-7)9(14)8(11)10(12)13/h2-5H,1H3. The Kier molecular flexibility index (Phi) is 3.49. The number of rotatable bonds is 3. The van der Waals surface area contributed by atoms with Gasteiger partial charge in [-0.2, -0.15) is 13.2 Å². The summed E-state index contributed by atoms with van der Waals surface area (Å²) in [5.74, 6) is -2.91. The van der Waals surface area contributed by atoms with E-state index in [0.29, 0.717) is 5.75 Å². The zero-order valence-electron chi connectivity index (χ0n) is 7.76. The molecule has 0 unspecified atom stereocenters. The number of benzene rings is 1. The third kappa shape index (κ3) is 2.59. The number of halogens is 3. The van der Waals surface area contributed by atoms with Gasteiger partial charge >= 0.3 is 6.08 Å². The van der Waals surface area contributed by atoms with Crippen LogP contribution in [0.3, 0.4) is 0 Å². The van der Waals surface area contributed by atoms with Crippen LogP contribution in [0.1, 0.15) is 10.4 Å². The van der Waals surface area contributed by atoms with Gasteiger partial charge < -0.3 is 4.74 Å². The molecule has 0 aromatic heterocycles. The molecule has 0 aliphatic carbocycles. The van der Waals surface area contributed by atoms with Crippen LogP contribution < -0.4 is 4.74 Å². The second-order valence-corrected chi connectivity index (χ2v) is 2.63. The highest BCUT2D eigenvalue weighted by atomic mass is 19.3. The summed E-state index contributed by atoms with van der Waals surface area (Å²) in [6.45, 7) is 0. The molecule has 0 radical (unpaired) electrons. The summed E-state index contributed by atoms with van der Waals surface area (Å²) >= 11 is 0. The van der Waals surface area contributed by atoms with Gasteiger partial charge in [-0.1, -0.05) is 0 Å². The van der Waals surface area contributed by atoms with E-state index < -0.39 is 17.7 Å². The minimum Gasteiger partial charge on any atom is -0.497 e. The van der Waals surface area contributed by atoms with Crippen molar-refractivity contribution in [2.24, 2.45) is 0 Å².